The van der Waals surface area contributed by atoms with Crippen LogP contribution in [-0.2, 0) is 6.42 Å². The van der Waals surface area contributed by atoms with Crippen molar-refractivity contribution >= 4 is 17.4 Å². The van der Waals surface area contributed by atoms with E-state index in [1.165, 1.54) is 0 Å². The Bertz CT molecular complexity index is 769. The zero-order valence-electron chi connectivity index (χ0n) is 13.6. The van der Waals surface area contributed by atoms with Gasteiger partial charge in [-0.1, -0.05) is 19.1 Å². The molecule has 1 amide bonds. The highest BCUT2D eigenvalue weighted by atomic mass is 16.5. The number of nitrogens with one attached hydrogen (secondary N) is 2. The summed E-state index contributed by atoms with van der Waals surface area (Å²) in [7, 11) is 0. The number of nitrogens with two attached hydrogens (primary N) is 1. The number of rotatable bonds is 4. The number of amidine groups is 1. The number of nitrogen functional groups attached to an aromatic ring is 1. The van der Waals surface area contributed by atoms with Crippen LogP contribution in [0.2, 0.25) is 0 Å². The van der Waals surface area contributed by atoms with Crippen molar-refractivity contribution < 1.29 is 9.53 Å². The van der Waals surface area contributed by atoms with Gasteiger partial charge in [-0.2, -0.15) is 0 Å². The summed E-state index contributed by atoms with van der Waals surface area (Å²) in [6.07, 6.45) is 3.27. The third kappa shape index (κ3) is 3.40. The zero-order valence-corrected chi connectivity index (χ0v) is 13.6. The van der Waals surface area contributed by atoms with Crippen molar-refractivity contribution in [2.45, 2.75) is 32.3 Å². The molecule has 3 rings (SSSR count). The van der Waals surface area contributed by atoms with E-state index in [1.54, 1.807) is 24.3 Å². The highest BCUT2D eigenvalue weighted by Crippen LogP contribution is 2.31. The summed E-state index contributed by atoms with van der Waals surface area (Å²) >= 11 is 0. The molecule has 2 aromatic carbocycles. The molecule has 0 spiro atoms. The maximum Gasteiger partial charge on any atom is 0.255 e. The molecule has 1 aliphatic heterocycles. The van der Waals surface area contributed by atoms with Crippen LogP contribution in [0.25, 0.3) is 0 Å². The van der Waals surface area contributed by atoms with Gasteiger partial charge in [0.05, 0.1) is 6.10 Å². The first-order valence-corrected chi connectivity index (χ1v) is 8.12. The number of fused-ring (bicyclic) bond motifs is 1. The van der Waals surface area contributed by atoms with Gasteiger partial charge in [0.15, 0.2) is 0 Å². The fraction of sp³-hybridized carbons (Fsp3) is 0.263. The summed E-state index contributed by atoms with van der Waals surface area (Å²) in [5.74, 6) is 0.715. The van der Waals surface area contributed by atoms with Crippen LogP contribution in [0, 0.1) is 5.41 Å². The van der Waals surface area contributed by atoms with Crippen LogP contribution in [-0.4, -0.2) is 17.8 Å². The third-order valence-corrected chi connectivity index (χ3v) is 4.26. The number of ether oxygens (including phenoxy) is 1. The molecule has 0 saturated carbocycles. The monoisotopic (exact) mass is 323 g/mol. The lowest BCUT2D eigenvalue weighted by Crippen LogP contribution is -2.21. The molecule has 4 N–H and O–H groups in total. The summed E-state index contributed by atoms with van der Waals surface area (Å²) in [5, 5.41) is 10.3. The molecule has 124 valence electrons. The normalized spacial score (nSPS) is 16.0. The molecule has 0 aliphatic carbocycles. The molecule has 0 aromatic heterocycles. The number of amides is 1. The van der Waals surface area contributed by atoms with Crippen molar-refractivity contribution in [3.63, 3.8) is 0 Å². The van der Waals surface area contributed by atoms with Gasteiger partial charge in [0.25, 0.3) is 5.91 Å². The minimum atomic E-state index is -0.187. The van der Waals surface area contributed by atoms with Crippen LogP contribution in [0.1, 0.15) is 41.3 Å². The third-order valence-electron chi connectivity index (χ3n) is 4.26. The van der Waals surface area contributed by atoms with Gasteiger partial charge in [0.1, 0.15) is 11.6 Å². The van der Waals surface area contributed by atoms with E-state index in [-0.39, 0.29) is 17.8 Å². The highest BCUT2D eigenvalue weighted by molar-refractivity contribution is 6.05. The molecule has 0 fully saturated rings. The number of carbonyl (C=O) groups excluding carboxylic acids is 1. The van der Waals surface area contributed by atoms with E-state index in [1.807, 2.05) is 18.2 Å². The highest BCUT2D eigenvalue weighted by Gasteiger charge is 2.18. The Morgan fingerprint density at radius 2 is 1.96 bits per heavy atom. The Labute approximate surface area is 141 Å². The standard InChI is InChI=1S/C19H21N3O2/c1-2-16-9-7-14-11-15(8-10-17(14)24-16)22-19(23)13-5-3-12(4-6-13)18(20)21/h3-6,8,10-11,16H,2,7,9H2,1H3,(H3,20,21)(H,22,23). The zero-order chi connectivity index (χ0) is 17.1. The lowest BCUT2D eigenvalue weighted by Gasteiger charge is -2.25. The Morgan fingerprint density at radius 3 is 2.62 bits per heavy atom. The second kappa shape index (κ2) is 6.74. The van der Waals surface area contributed by atoms with Gasteiger partial charge in [-0.05, 0) is 55.2 Å². The Morgan fingerprint density at radius 1 is 1.25 bits per heavy atom. The molecule has 0 saturated heterocycles. The second-order valence-electron chi connectivity index (χ2n) is 5.95. The molecule has 24 heavy (non-hydrogen) atoms. The molecule has 0 bridgehead atoms. The van der Waals surface area contributed by atoms with Gasteiger partial charge >= 0.3 is 0 Å². The molecule has 5 nitrogen and oxygen atoms in total. The minimum Gasteiger partial charge on any atom is -0.490 e. The number of carbonyl (C=O) groups is 1. The van der Waals surface area contributed by atoms with Crippen molar-refractivity contribution in [2.24, 2.45) is 5.73 Å². The van der Waals surface area contributed by atoms with E-state index in [4.69, 9.17) is 15.9 Å². The molecule has 1 heterocycles. The van der Waals surface area contributed by atoms with E-state index in [2.05, 4.69) is 12.2 Å². The van der Waals surface area contributed by atoms with E-state index < -0.39 is 0 Å². The van der Waals surface area contributed by atoms with Crippen LogP contribution in [0.5, 0.6) is 5.75 Å². The van der Waals surface area contributed by atoms with Gasteiger partial charge in [-0.15, -0.1) is 0 Å². The molecular formula is C19H21N3O2. The van der Waals surface area contributed by atoms with Crippen LogP contribution in [0.4, 0.5) is 5.69 Å². The van der Waals surface area contributed by atoms with Crippen molar-refractivity contribution in [1.29, 1.82) is 5.41 Å². The van der Waals surface area contributed by atoms with Crippen molar-refractivity contribution in [1.82, 2.24) is 0 Å². The van der Waals surface area contributed by atoms with Gasteiger partial charge in [0.2, 0.25) is 0 Å². The van der Waals surface area contributed by atoms with Gasteiger partial charge in [0, 0.05) is 16.8 Å². The number of hydrogen-bond donors (Lipinski definition) is 3. The van der Waals surface area contributed by atoms with E-state index in [9.17, 15) is 4.79 Å². The predicted octanol–water partition coefficient (Wildman–Crippen LogP) is 3.33. The summed E-state index contributed by atoms with van der Waals surface area (Å²) in [5.41, 5.74) is 8.43. The Kier molecular flexibility index (Phi) is 4.51. The lowest BCUT2D eigenvalue weighted by molar-refractivity contribution is 0.102. The fourth-order valence-corrected chi connectivity index (χ4v) is 2.81. The topological polar surface area (TPSA) is 88.2 Å². The number of aryl methyl sites for hydroxylation is 1. The quantitative estimate of drug-likeness (QED) is 0.595. The second-order valence-corrected chi connectivity index (χ2v) is 5.95. The van der Waals surface area contributed by atoms with Crippen LogP contribution in [0.15, 0.2) is 42.5 Å². The van der Waals surface area contributed by atoms with E-state index in [0.29, 0.717) is 11.1 Å². The summed E-state index contributed by atoms with van der Waals surface area (Å²) in [4.78, 5) is 12.3. The maximum absolute atomic E-state index is 12.3. The number of anilines is 1. The summed E-state index contributed by atoms with van der Waals surface area (Å²) in [6, 6.07) is 12.4. The van der Waals surface area contributed by atoms with Crippen LogP contribution < -0.4 is 15.8 Å². The number of hydrogen-bond acceptors (Lipinski definition) is 3. The first kappa shape index (κ1) is 16.1. The average molecular weight is 323 g/mol. The largest absolute Gasteiger partial charge is 0.490 e. The molecular weight excluding hydrogens is 302 g/mol. The first-order valence-electron chi connectivity index (χ1n) is 8.12. The van der Waals surface area contributed by atoms with Crippen molar-refractivity contribution in [3.05, 3.63) is 59.2 Å². The van der Waals surface area contributed by atoms with Crippen LogP contribution >= 0.6 is 0 Å². The average Bonchev–Trinajstić information content (AvgIpc) is 2.61. The minimum absolute atomic E-state index is 0.0120. The predicted molar refractivity (Wildman–Crippen MR) is 94.9 cm³/mol. The van der Waals surface area contributed by atoms with E-state index >= 15 is 0 Å². The maximum atomic E-state index is 12.3. The molecule has 1 aliphatic rings. The van der Waals surface area contributed by atoms with Gasteiger partial charge in [-0.3, -0.25) is 10.2 Å². The Balaban J connectivity index is 1.72. The Hall–Kier alpha value is -2.82. The lowest BCUT2D eigenvalue weighted by atomic mass is 10.0. The van der Waals surface area contributed by atoms with E-state index in [0.717, 1.165) is 36.3 Å². The number of benzene rings is 2. The van der Waals surface area contributed by atoms with Crippen molar-refractivity contribution in [2.75, 3.05) is 5.32 Å². The SMILES string of the molecule is CCC1CCc2cc(NC(=O)c3ccc(C(=N)N)cc3)ccc2O1. The molecule has 2 aromatic rings. The molecule has 5 heteroatoms. The molecule has 1 atom stereocenters. The molecule has 1 unspecified atom stereocenters. The van der Waals surface area contributed by atoms with Crippen LogP contribution in [0.3, 0.4) is 0 Å². The fourth-order valence-electron chi connectivity index (χ4n) is 2.81. The molecule has 0 radical (unpaired) electrons. The van der Waals surface area contributed by atoms with Crippen molar-refractivity contribution in [3.8, 4) is 5.75 Å². The van der Waals surface area contributed by atoms with Gasteiger partial charge in [-0.25, -0.2) is 0 Å². The van der Waals surface area contributed by atoms with Gasteiger partial charge < -0.3 is 15.8 Å². The summed E-state index contributed by atoms with van der Waals surface area (Å²) in [6.45, 7) is 2.13. The smallest absolute Gasteiger partial charge is 0.255 e. The first-order chi connectivity index (χ1) is 11.6. The summed E-state index contributed by atoms with van der Waals surface area (Å²) < 4.78 is 5.92.